The van der Waals surface area contributed by atoms with E-state index in [1.165, 1.54) is 13.3 Å². The molecule has 8 nitrogen and oxygen atoms in total. The van der Waals surface area contributed by atoms with Gasteiger partial charge in [0.05, 0.1) is 24.6 Å². The third kappa shape index (κ3) is 5.68. The zero-order valence-corrected chi connectivity index (χ0v) is 19.8. The van der Waals surface area contributed by atoms with E-state index in [4.69, 9.17) is 21.1 Å². The highest BCUT2D eigenvalue weighted by Crippen LogP contribution is 2.28. The second-order valence-corrected chi connectivity index (χ2v) is 7.88. The highest BCUT2D eigenvalue weighted by Gasteiger charge is 2.16. The van der Waals surface area contributed by atoms with E-state index in [2.05, 4.69) is 15.8 Å². The van der Waals surface area contributed by atoms with Crippen LogP contribution in [0.1, 0.15) is 15.9 Å². The number of esters is 1. The number of ether oxygens (including phenoxy) is 2. The quantitative estimate of drug-likeness (QED) is 0.130. The minimum Gasteiger partial charge on any atom is -0.495 e. The predicted molar refractivity (Wildman–Crippen MR) is 138 cm³/mol. The van der Waals surface area contributed by atoms with Crippen LogP contribution in [0.15, 0.2) is 90.0 Å². The third-order valence-electron chi connectivity index (χ3n) is 5.13. The highest BCUT2D eigenvalue weighted by molar-refractivity contribution is 6.39. The van der Waals surface area contributed by atoms with Crippen LogP contribution in [0.25, 0.3) is 10.8 Å². The van der Waals surface area contributed by atoms with Crippen LogP contribution in [0.5, 0.6) is 11.5 Å². The molecule has 4 rings (SSSR count). The number of anilines is 1. The van der Waals surface area contributed by atoms with Gasteiger partial charge in [-0.3, -0.25) is 9.59 Å². The van der Waals surface area contributed by atoms with Crippen molar-refractivity contribution in [2.45, 2.75) is 0 Å². The lowest BCUT2D eigenvalue weighted by Gasteiger charge is -2.11. The molecule has 0 heterocycles. The van der Waals surface area contributed by atoms with Gasteiger partial charge in [0.1, 0.15) is 11.5 Å². The lowest BCUT2D eigenvalue weighted by Crippen LogP contribution is -2.32. The number of rotatable bonds is 6. The molecule has 9 heteroatoms. The Morgan fingerprint density at radius 1 is 0.833 bits per heavy atom. The Labute approximate surface area is 211 Å². The van der Waals surface area contributed by atoms with Gasteiger partial charge < -0.3 is 14.8 Å². The Balaban J connectivity index is 1.54. The van der Waals surface area contributed by atoms with E-state index in [0.717, 1.165) is 10.8 Å². The lowest BCUT2D eigenvalue weighted by atomic mass is 10.0. The normalized spacial score (nSPS) is 10.7. The van der Waals surface area contributed by atoms with Crippen molar-refractivity contribution in [1.29, 1.82) is 0 Å². The maximum Gasteiger partial charge on any atom is 0.343 e. The van der Waals surface area contributed by atoms with Crippen molar-refractivity contribution < 1.29 is 23.9 Å². The number of methoxy groups -OCH3 is 1. The van der Waals surface area contributed by atoms with Crippen molar-refractivity contribution in [3.63, 3.8) is 0 Å². The Kier molecular flexibility index (Phi) is 7.57. The number of hydrazone groups is 1. The number of nitrogens with zero attached hydrogens (tertiary/aromatic N) is 1. The van der Waals surface area contributed by atoms with Crippen molar-refractivity contribution in [3.8, 4) is 11.5 Å². The summed E-state index contributed by atoms with van der Waals surface area (Å²) in [5.74, 6) is -1.87. The van der Waals surface area contributed by atoms with Gasteiger partial charge in [-0.1, -0.05) is 54.1 Å². The number of fused-ring (bicyclic) bond motifs is 1. The zero-order valence-electron chi connectivity index (χ0n) is 19.0. The highest BCUT2D eigenvalue weighted by atomic mass is 35.5. The molecule has 0 aliphatic carbocycles. The van der Waals surface area contributed by atoms with Crippen molar-refractivity contribution >= 4 is 52.1 Å². The summed E-state index contributed by atoms with van der Waals surface area (Å²) in [6.07, 6.45) is 1.32. The third-order valence-corrected chi connectivity index (χ3v) is 5.39. The van der Waals surface area contributed by atoms with Crippen molar-refractivity contribution in [2.75, 3.05) is 12.4 Å². The molecule has 180 valence electrons. The molecule has 2 N–H and O–H groups in total. The van der Waals surface area contributed by atoms with Gasteiger partial charge in [-0.05, 0) is 53.2 Å². The van der Waals surface area contributed by atoms with Crippen molar-refractivity contribution in [3.05, 3.63) is 101 Å². The second-order valence-electron chi connectivity index (χ2n) is 7.45. The fourth-order valence-electron chi connectivity index (χ4n) is 3.38. The van der Waals surface area contributed by atoms with Gasteiger partial charge in [-0.15, -0.1) is 0 Å². The van der Waals surface area contributed by atoms with Crippen LogP contribution in [0, 0.1) is 0 Å². The van der Waals surface area contributed by atoms with Crippen LogP contribution in [0.2, 0.25) is 5.02 Å². The van der Waals surface area contributed by atoms with E-state index in [-0.39, 0.29) is 5.75 Å². The number of halogens is 1. The summed E-state index contributed by atoms with van der Waals surface area (Å²) in [5, 5.41) is 8.49. The summed E-state index contributed by atoms with van der Waals surface area (Å²) in [4.78, 5) is 37.3. The molecule has 36 heavy (non-hydrogen) atoms. The molecule has 0 aliphatic heterocycles. The average molecular weight is 502 g/mol. The minimum atomic E-state index is -0.989. The van der Waals surface area contributed by atoms with E-state index in [1.54, 1.807) is 60.7 Å². The van der Waals surface area contributed by atoms with Crippen LogP contribution in [0.4, 0.5) is 5.69 Å². The van der Waals surface area contributed by atoms with Gasteiger partial charge in [0.2, 0.25) is 0 Å². The number of carbonyl (C=O) groups is 3. The molecule has 0 atom stereocenters. The zero-order chi connectivity index (χ0) is 25.5. The lowest BCUT2D eigenvalue weighted by molar-refractivity contribution is -0.136. The summed E-state index contributed by atoms with van der Waals surface area (Å²) in [6.45, 7) is 0. The molecule has 4 aromatic carbocycles. The monoisotopic (exact) mass is 501 g/mol. The molecule has 2 amide bonds. The molecule has 0 spiro atoms. The molecule has 0 aliphatic rings. The number of hydrogen-bond acceptors (Lipinski definition) is 6. The number of benzene rings is 4. The second kappa shape index (κ2) is 11.2. The fourth-order valence-corrected chi connectivity index (χ4v) is 3.50. The number of carbonyl (C=O) groups excluding carboxylic acids is 3. The van der Waals surface area contributed by atoms with Gasteiger partial charge in [-0.25, -0.2) is 10.2 Å². The molecule has 0 saturated heterocycles. The summed E-state index contributed by atoms with van der Waals surface area (Å²) >= 11 is 5.89. The maximum absolute atomic E-state index is 12.7. The van der Waals surface area contributed by atoms with E-state index >= 15 is 0 Å². The molecular formula is C27H20ClN3O5. The van der Waals surface area contributed by atoms with E-state index < -0.39 is 17.8 Å². The molecular weight excluding hydrogens is 482 g/mol. The predicted octanol–water partition coefficient (Wildman–Crippen LogP) is 4.81. The standard InChI is InChI=1S/C27H20ClN3O5/c1-35-24-9-5-4-8-22(24)30-25(32)26(33)31-29-16-21-20-7-3-2-6-17(20)12-15-23(21)36-27(34)18-10-13-19(28)14-11-18/h2-16H,1H3,(H,30,32)(H,31,33). The Bertz CT molecular complexity index is 1470. The van der Waals surface area contributed by atoms with Crippen molar-refractivity contribution in [2.24, 2.45) is 5.10 Å². The summed E-state index contributed by atoms with van der Waals surface area (Å²) in [6, 6.07) is 23.8. The van der Waals surface area contributed by atoms with Gasteiger partial charge in [0.15, 0.2) is 0 Å². The molecule has 0 unspecified atom stereocenters. The fraction of sp³-hybridized carbons (Fsp3) is 0.0370. The molecule has 4 aromatic rings. The topological polar surface area (TPSA) is 106 Å². The van der Waals surface area contributed by atoms with Crippen LogP contribution in [-0.2, 0) is 9.59 Å². The summed E-state index contributed by atoms with van der Waals surface area (Å²) < 4.78 is 10.8. The number of para-hydroxylation sites is 2. The van der Waals surface area contributed by atoms with Crippen molar-refractivity contribution in [1.82, 2.24) is 5.43 Å². The number of nitrogens with one attached hydrogen (secondary N) is 2. The van der Waals surface area contributed by atoms with Crippen LogP contribution < -0.4 is 20.2 Å². The molecule has 0 fully saturated rings. The summed E-state index contributed by atoms with van der Waals surface area (Å²) in [5.41, 5.74) is 3.30. The molecule has 0 radical (unpaired) electrons. The SMILES string of the molecule is COc1ccccc1NC(=O)C(=O)NN=Cc1c(OC(=O)c2ccc(Cl)cc2)ccc2ccccc12. The Morgan fingerprint density at radius 2 is 1.56 bits per heavy atom. The van der Waals surface area contributed by atoms with Gasteiger partial charge >= 0.3 is 17.8 Å². The Hall–Kier alpha value is -4.69. The molecule has 0 saturated carbocycles. The van der Waals surface area contributed by atoms with Crippen LogP contribution in [-0.4, -0.2) is 31.1 Å². The molecule has 0 aromatic heterocycles. The first kappa shape index (κ1) is 24.4. The van der Waals surface area contributed by atoms with E-state index in [0.29, 0.717) is 27.6 Å². The largest absolute Gasteiger partial charge is 0.495 e. The first-order valence-electron chi connectivity index (χ1n) is 10.7. The first-order chi connectivity index (χ1) is 17.5. The molecule has 0 bridgehead atoms. The smallest absolute Gasteiger partial charge is 0.343 e. The first-order valence-corrected chi connectivity index (χ1v) is 11.1. The summed E-state index contributed by atoms with van der Waals surface area (Å²) in [7, 11) is 1.46. The van der Waals surface area contributed by atoms with Gasteiger partial charge in [0.25, 0.3) is 0 Å². The van der Waals surface area contributed by atoms with Crippen LogP contribution in [0.3, 0.4) is 0 Å². The Morgan fingerprint density at radius 3 is 2.33 bits per heavy atom. The van der Waals surface area contributed by atoms with E-state index in [9.17, 15) is 14.4 Å². The van der Waals surface area contributed by atoms with Gasteiger partial charge in [0, 0.05) is 10.6 Å². The minimum absolute atomic E-state index is 0.227. The number of amides is 2. The van der Waals surface area contributed by atoms with E-state index in [1.807, 2.05) is 24.3 Å². The number of hydrogen-bond donors (Lipinski definition) is 2. The van der Waals surface area contributed by atoms with Crippen LogP contribution >= 0.6 is 11.6 Å². The maximum atomic E-state index is 12.7. The average Bonchev–Trinajstić information content (AvgIpc) is 2.90. The van der Waals surface area contributed by atoms with Gasteiger partial charge in [-0.2, -0.15) is 5.10 Å².